The van der Waals surface area contributed by atoms with Crippen molar-refractivity contribution < 1.29 is 4.79 Å². The van der Waals surface area contributed by atoms with Crippen LogP contribution in [0.2, 0.25) is 0 Å². The highest BCUT2D eigenvalue weighted by atomic mass is 32.2. The zero-order valence-electron chi connectivity index (χ0n) is 15.7. The third-order valence-electron chi connectivity index (χ3n) is 4.44. The molecular weight excluding hydrogens is 340 g/mol. The van der Waals surface area contributed by atoms with Crippen LogP contribution >= 0.6 is 11.8 Å². The lowest BCUT2D eigenvalue weighted by atomic mass is 10.1. The molecule has 134 valence electrons. The second-order valence-electron chi connectivity index (χ2n) is 6.61. The van der Waals surface area contributed by atoms with Gasteiger partial charge in [0.25, 0.3) is 0 Å². The number of hydrogen-bond acceptors (Lipinski definition) is 3. The summed E-state index contributed by atoms with van der Waals surface area (Å²) in [6.45, 7) is 8.34. The first-order valence-corrected chi connectivity index (χ1v) is 9.85. The minimum absolute atomic E-state index is 0.00220. The van der Waals surface area contributed by atoms with E-state index in [2.05, 4.69) is 51.2 Å². The van der Waals surface area contributed by atoms with Crippen LogP contribution in [0.15, 0.2) is 47.5 Å². The summed E-state index contributed by atoms with van der Waals surface area (Å²) in [5.74, 6) is 0.347. The van der Waals surface area contributed by atoms with E-state index in [1.807, 2.05) is 24.3 Å². The lowest BCUT2D eigenvalue weighted by Crippen LogP contribution is -2.15. The van der Waals surface area contributed by atoms with E-state index >= 15 is 0 Å². The van der Waals surface area contributed by atoms with Crippen LogP contribution in [0.5, 0.6) is 0 Å². The van der Waals surface area contributed by atoms with Crippen molar-refractivity contribution >= 4 is 34.3 Å². The van der Waals surface area contributed by atoms with Crippen LogP contribution < -0.4 is 5.32 Å². The number of para-hydroxylation sites is 1. The molecule has 1 heterocycles. The van der Waals surface area contributed by atoms with Crippen molar-refractivity contribution in [2.24, 2.45) is 0 Å². The zero-order valence-corrected chi connectivity index (χ0v) is 16.5. The van der Waals surface area contributed by atoms with Crippen LogP contribution in [0.25, 0.3) is 10.9 Å². The molecule has 0 saturated heterocycles. The fourth-order valence-electron chi connectivity index (χ4n) is 3.13. The van der Waals surface area contributed by atoms with E-state index in [4.69, 9.17) is 4.98 Å². The molecule has 0 unspecified atom stereocenters. The highest BCUT2D eigenvalue weighted by molar-refractivity contribution is 8.00. The maximum atomic E-state index is 12.4. The summed E-state index contributed by atoms with van der Waals surface area (Å²) in [5, 5.41) is 5.12. The molecule has 0 spiro atoms. The van der Waals surface area contributed by atoms with Crippen LogP contribution in [0, 0.1) is 20.8 Å². The van der Waals surface area contributed by atoms with Gasteiger partial charge in [-0.3, -0.25) is 4.79 Å². The van der Waals surface area contributed by atoms with E-state index in [-0.39, 0.29) is 5.91 Å². The fraction of sp³-hybridized carbons (Fsp3) is 0.273. The Bertz CT molecular complexity index is 966. The monoisotopic (exact) mass is 364 g/mol. The molecule has 26 heavy (non-hydrogen) atoms. The lowest BCUT2D eigenvalue weighted by molar-refractivity contribution is -0.113. The van der Waals surface area contributed by atoms with Gasteiger partial charge in [0, 0.05) is 11.1 Å². The largest absolute Gasteiger partial charge is 0.325 e. The van der Waals surface area contributed by atoms with Crippen molar-refractivity contribution in [2.45, 2.75) is 39.1 Å². The SMILES string of the molecule is CCc1ccccc1NC(=O)CSc1nc2cc(C)cc(C)c2cc1C. The number of carbonyl (C=O) groups excluding carboxylic acids is 1. The quantitative estimate of drug-likeness (QED) is 0.612. The summed E-state index contributed by atoms with van der Waals surface area (Å²) in [7, 11) is 0. The van der Waals surface area contributed by atoms with Gasteiger partial charge in [-0.15, -0.1) is 0 Å². The Balaban J connectivity index is 1.75. The van der Waals surface area contributed by atoms with Gasteiger partial charge in [0.2, 0.25) is 5.91 Å². The molecule has 3 rings (SSSR count). The first kappa shape index (κ1) is 18.5. The van der Waals surface area contributed by atoms with E-state index in [0.29, 0.717) is 5.75 Å². The number of pyridine rings is 1. The number of fused-ring (bicyclic) bond motifs is 1. The van der Waals surface area contributed by atoms with E-state index < -0.39 is 0 Å². The molecule has 0 bridgehead atoms. The van der Waals surface area contributed by atoms with Crippen LogP contribution in [0.1, 0.15) is 29.2 Å². The predicted molar refractivity (Wildman–Crippen MR) is 111 cm³/mol. The molecule has 0 saturated carbocycles. The van der Waals surface area contributed by atoms with Gasteiger partial charge in [-0.05, 0) is 67.6 Å². The highest BCUT2D eigenvalue weighted by Crippen LogP contribution is 2.27. The number of benzene rings is 2. The van der Waals surface area contributed by atoms with Gasteiger partial charge in [0.1, 0.15) is 5.03 Å². The lowest BCUT2D eigenvalue weighted by Gasteiger charge is -2.11. The van der Waals surface area contributed by atoms with Crippen molar-refractivity contribution in [1.29, 1.82) is 0 Å². The highest BCUT2D eigenvalue weighted by Gasteiger charge is 2.10. The molecule has 0 atom stereocenters. The Labute approximate surface area is 159 Å². The number of anilines is 1. The van der Waals surface area contributed by atoms with E-state index in [9.17, 15) is 4.79 Å². The molecule has 2 aromatic carbocycles. The zero-order chi connectivity index (χ0) is 18.7. The average Bonchev–Trinajstić information content (AvgIpc) is 2.61. The average molecular weight is 365 g/mol. The molecule has 0 aliphatic rings. The minimum atomic E-state index is -0.00220. The second-order valence-corrected chi connectivity index (χ2v) is 7.57. The number of nitrogens with one attached hydrogen (secondary N) is 1. The number of hydrogen-bond donors (Lipinski definition) is 1. The molecule has 1 amide bonds. The molecule has 0 radical (unpaired) electrons. The number of aromatic nitrogens is 1. The normalized spacial score (nSPS) is 10.9. The van der Waals surface area contributed by atoms with Gasteiger partial charge in [0.05, 0.1) is 11.3 Å². The Morgan fingerprint density at radius 2 is 1.85 bits per heavy atom. The van der Waals surface area contributed by atoms with Crippen LogP contribution in [0.3, 0.4) is 0 Å². The van der Waals surface area contributed by atoms with Crippen molar-refractivity contribution in [1.82, 2.24) is 4.98 Å². The van der Waals surface area contributed by atoms with Crippen LogP contribution in [0.4, 0.5) is 5.69 Å². The summed E-state index contributed by atoms with van der Waals surface area (Å²) < 4.78 is 0. The van der Waals surface area contributed by atoms with Crippen molar-refractivity contribution in [3.8, 4) is 0 Å². The fourth-order valence-corrected chi connectivity index (χ4v) is 3.92. The van der Waals surface area contributed by atoms with Crippen LogP contribution in [-0.2, 0) is 11.2 Å². The molecule has 3 aromatic rings. The van der Waals surface area contributed by atoms with Gasteiger partial charge in [-0.1, -0.05) is 43.0 Å². The van der Waals surface area contributed by atoms with Crippen LogP contribution in [-0.4, -0.2) is 16.6 Å². The Hall–Kier alpha value is -2.33. The number of amides is 1. The molecule has 3 nitrogen and oxygen atoms in total. The van der Waals surface area contributed by atoms with Gasteiger partial charge in [0.15, 0.2) is 0 Å². The molecule has 4 heteroatoms. The van der Waals surface area contributed by atoms with Gasteiger partial charge >= 0.3 is 0 Å². The summed E-state index contributed by atoms with van der Waals surface area (Å²) in [6, 6.07) is 14.4. The maximum Gasteiger partial charge on any atom is 0.234 e. The van der Waals surface area contributed by atoms with Crippen molar-refractivity contribution in [2.75, 3.05) is 11.1 Å². The molecule has 0 aliphatic carbocycles. The van der Waals surface area contributed by atoms with Crippen molar-refractivity contribution in [3.63, 3.8) is 0 Å². The molecule has 0 aliphatic heterocycles. The standard InChI is InChI=1S/C22H24N2OS/c1-5-17-8-6-7-9-19(17)23-21(25)13-26-22-16(4)12-18-15(3)10-14(2)11-20(18)24-22/h6-12H,5,13H2,1-4H3,(H,23,25). The number of thioether (sulfide) groups is 1. The van der Waals surface area contributed by atoms with Gasteiger partial charge in [-0.25, -0.2) is 4.98 Å². The first-order chi connectivity index (χ1) is 12.5. The molecule has 1 aromatic heterocycles. The molecule has 1 N–H and O–H groups in total. The first-order valence-electron chi connectivity index (χ1n) is 8.87. The smallest absolute Gasteiger partial charge is 0.234 e. The van der Waals surface area contributed by atoms with Gasteiger partial charge in [-0.2, -0.15) is 0 Å². The minimum Gasteiger partial charge on any atom is -0.325 e. The van der Waals surface area contributed by atoms with E-state index in [0.717, 1.165) is 33.8 Å². The molecular formula is C22H24N2OS. The number of carbonyl (C=O) groups is 1. The Morgan fingerprint density at radius 1 is 1.08 bits per heavy atom. The Morgan fingerprint density at radius 3 is 2.62 bits per heavy atom. The number of aryl methyl sites for hydroxylation is 4. The molecule has 0 fully saturated rings. The summed E-state index contributed by atoms with van der Waals surface area (Å²) in [6.07, 6.45) is 0.896. The maximum absolute atomic E-state index is 12.4. The Kier molecular flexibility index (Phi) is 5.62. The van der Waals surface area contributed by atoms with Gasteiger partial charge < -0.3 is 5.32 Å². The summed E-state index contributed by atoms with van der Waals surface area (Å²) >= 11 is 1.49. The van der Waals surface area contributed by atoms with Crippen molar-refractivity contribution in [3.05, 3.63) is 64.7 Å². The number of nitrogens with zero attached hydrogens (tertiary/aromatic N) is 1. The summed E-state index contributed by atoms with van der Waals surface area (Å²) in [4.78, 5) is 17.2. The van der Waals surface area contributed by atoms with E-state index in [1.165, 1.54) is 28.3 Å². The number of rotatable bonds is 5. The predicted octanol–water partition coefficient (Wildman–Crippen LogP) is 5.45. The third kappa shape index (κ3) is 4.07. The van der Waals surface area contributed by atoms with E-state index in [1.54, 1.807) is 0 Å². The second kappa shape index (κ2) is 7.92. The summed E-state index contributed by atoms with van der Waals surface area (Å²) in [5.41, 5.74) is 6.59. The third-order valence-corrected chi connectivity index (χ3v) is 5.54. The topological polar surface area (TPSA) is 42.0 Å².